The highest BCUT2D eigenvalue weighted by molar-refractivity contribution is 6.30. The lowest BCUT2D eigenvalue weighted by atomic mass is 10.0. The van der Waals surface area contributed by atoms with E-state index in [1.165, 1.54) is 13.0 Å². The molecule has 1 aromatic rings. The quantitative estimate of drug-likeness (QED) is 0.797. The van der Waals surface area contributed by atoms with Crippen molar-refractivity contribution in [2.24, 2.45) is 0 Å². The molecule has 0 heterocycles. The molecule has 1 unspecified atom stereocenters. The fourth-order valence-electron chi connectivity index (χ4n) is 1.08. The van der Waals surface area contributed by atoms with Crippen LogP contribution in [0.2, 0.25) is 5.02 Å². The maximum absolute atomic E-state index is 13.1. The number of aliphatic hydroxyl groups is 1. The van der Waals surface area contributed by atoms with E-state index in [4.69, 9.17) is 16.7 Å². The molecule has 0 aliphatic rings. The first kappa shape index (κ1) is 10.9. The third-order valence-electron chi connectivity index (χ3n) is 1.88. The molecular weight excluding hydrogens is 211 g/mol. The van der Waals surface area contributed by atoms with Crippen LogP contribution in [0.4, 0.5) is 4.39 Å². The Morgan fingerprint density at radius 1 is 1.57 bits per heavy atom. The first-order valence-corrected chi connectivity index (χ1v) is 4.17. The van der Waals surface area contributed by atoms with Gasteiger partial charge >= 0.3 is 5.97 Å². The van der Waals surface area contributed by atoms with E-state index in [0.29, 0.717) is 0 Å². The maximum atomic E-state index is 13.1. The molecular formula is C9H8ClFO3. The molecule has 0 amide bonds. The number of hydrogen-bond acceptors (Lipinski definition) is 2. The highest BCUT2D eigenvalue weighted by Crippen LogP contribution is 2.24. The standard InChI is InChI=1S/C9H8ClFO3/c1-4-6(8(12)9(13)14)2-5(10)3-7(4)11/h2-3,8,12H,1H3,(H,13,14). The summed E-state index contributed by atoms with van der Waals surface area (Å²) < 4.78 is 13.1. The summed E-state index contributed by atoms with van der Waals surface area (Å²) in [6, 6.07) is 2.30. The van der Waals surface area contributed by atoms with E-state index in [1.807, 2.05) is 0 Å². The van der Waals surface area contributed by atoms with Crippen LogP contribution < -0.4 is 0 Å². The van der Waals surface area contributed by atoms with Crippen LogP contribution in [-0.4, -0.2) is 16.2 Å². The fraction of sp³-hybridized carbons (Fsp3) is 0.222. The van der Waals surface area contributed by atoms with E-state index in [1.54, 1.807) is 0 Å². The summed E-state index contributed by atoms with van der Waals surface area (Å²) in [5.41, 5.74) is 0.0619. The lowest BCUT2D eigenvalue weighted by molar-refractivity contribution is -0.147. The first-order valence-electron chi connectivity index (χ1n) is 3.80. The van der Waals surface area contributed by atoms with Crippen molar-refractivity contribution in [1.82, 2.24) is 0 Å². The highest BCUT2D eigenvalue weighted by atomic mass is 35.5. The molecule has 76 valence electrons. The molecule has 0 bridgehead atoms. The zero-order valence-corrected chi connectivity index (χ0v) is 8.05. The average molecular weight is 219 g/mol. The van der Waals surface area contributed by atoms with Gasteiger partial charge in [0.2, 0.25) is 0 Å². The Kier molecular flexibility index (Phi) is 3.08. The first-order chi connectivity index (χ1) is 6.43. The van der Waals surface area contributed by atoms with E-state index >= 15 is 0 Å². The van der Waals surface area contributed by atoms with Crippen LogP contribution in [0.3, 0.4) is 0 Å². The van der Waals surface area contributed by atoms with Crippen LogP contribution in [0, 0.1) is 12.7 Å². The van der Waals surface area contributed by atoms with Crippen LogP contribution >= 0.6 is 11.6 Å². The molecule has 0 aliphatic carbocycles. The molecule has 2 N–H and O–H groups in total. The molecule has 0 saturated carbocycles. The number of aliphatic hydroxyl groups excluding tert-OH is 1. The summed E-state index contributed by atoms with van der Waals surface area (Å²) in [6.45, 7) is 1.38. The predicted octanol–water partition coefficient (Wildman–Crippen LogP) is 1.91. The third kappa shape index (κ3) is 2.02. The van der Waals surface area contributed by atoms with Crippen molar-refractivity contribution in [2.75, 3.05) is 0 Å². The van der Waals surface area contributed by atoms with Crippen LogP contribution in [0.5, 0.6) is 0 Å². The van der Waals surface area contributed by atoms with Gasteiger partial charge in [0.15, 0.2) is 6.10 Å². The Balaban J connectivity index is 3.26. The molecule has 3 nitrogen and oxygen atoms in total. The van der Waals surface area contributed by atoms with Crippen molar-refractivity contribution in [2.45, 2.75) is 13.0 Å². The molecule has 1 rings (SSSR count). The van der Waals surface area contributed by atoms with Gasteiger partial charge in [-0.15, -0.1) is 0 Å². The van der Waals surface area contributed by atoms with Crippen LogP contribution in [0.15, 0.2) is 12.1 Å². The summed E-state index contributed by atoms with van der Waals surface area (Å²) in [5, 5.41) is 17.8. The Morgan fingerprint density at radius 2 is 2.14 bits per heavy atom. The number of hydrogen-bond donors (Lipinski definition) is 2. The van der Waals surface area contributed by atoms with Crippen molar-refractivity contribution in [1.29, 1.82) is 0 Å². The van der Waals surface area contributed by atoms with Crippen LogP contribution in [0.25, 0.3) is 0 Å². The normalized spacial score (nSPS) is 12.6. The summed E-state index contributed by atoms with van der Waals surface area (Å²) >= 11 is 5.53. The van der Waals surface area contributed by atoms with E-state index in [0.717, 1.165) is 6.07 Å². The minimum Gasteiger partial charge on any atom is -0.479 e. The topological polar surface area (TPSA) is 57.5 Å². The van der Waals surface area contributed by atoms with Crippen molar-refractivity contribution in [3.8, 4) is 0 Å². The Labute approximate surface area is 84.7 Å². The summed E-state index contributed by atoms with van der Waals surface area (Å²) in [5.74, 6) is -2.07. The van der Waals surface area contributed by atoms with Gasteiger partial charge < -0.3 is 10.2 Å². The van der Waals surface area contributed by atoms with Crippen molar-refractivity contribution in [3.63, 3.8) is 0 Å². The minimum absolute atomic E-state index is 0.0255. The van der Waals surface area contributed by atoms with Gasteiger partial charge in [0, 0.05) is 5.02 Å². The van der Waals surface area contributed by atoms with Gasteiger partial charge in [0.1, 0.15) is 5.82 Å². The van der Waals surface area contributed by atoms with Gasteiger partial charge in [0.25, 0.3) is 0 Å². The molecule has 1 aromatic carbocycles. The molecule has 14 heavy (non-hydrogen) atoms. The third-order valence-corrected chi connectivity index (χ3v) is 2.10. The fourth-order valence-corrected chi connectivity index (χ4v) is 1.30. The van der Waals surface area contributed by atoms with Crippen molar-refractivity contribution >= 4 is 17.6 Å². The van der Waals surface area contributed by atoms with E-state index < -0.39 is 17.9 Å². The number of rotatable bonds is 2. The lowest BCUT2D eigenvalue weighted by Crippen LogP contribution is -2.12. The number of carboxylic acid groups (broad SMARTS) is 1. The Bertz CT molecular complexity index is 379. The van der Waals surface area contributed by atoms with E-state index in [9.17, 15) is 14.3 Å². The summed E-state index contributed by atoms with van der Waals surface area (Å²) in [7, 11) is 0. The van der Waals surface area contributed by atoms with Crippen molar-refractivity contribution < 1.29 is 19.4 Å². The lowest BCUT2D eigenvalue weighted by Gasteiger charge is -2.10. The van der Waals surface area contributed by atoms with Gasteiger partial charge in [-0.2, -0.15) is 0 Å². The predicted molar refractivity (Wildman–Crippen MR) is 48.7 cm³/mol. The number of halogens is 2. The number of benzene rings is 1. The summed E-state index contributed by atoms with van der Waals surface area (Å²) in [4.78, 5) is 10.5. The summed E-state index contributed by atoms with van der Waals surface area (Å²) in [6.07, 6.45) is -1.75. The van der Waals surface area contributed by atoms with E-state index in [-0.39, 0.29) is 16.1 Å². The largest absolute Gasteiger partial charge is 0.479 e. The molecule has 0 spiro atoms. The molecule has 5 heteroatoms. The van der Waals surface area contributed by atoms with Gasteiger partial charge in [-0.05, 0) is 30.2 Å². The molecule has 0 fully saturated rings. The second-order valence-electron chi connectivity index (χ2n) is 2.84. The van der Waals surface area contributed by atoms with E-state index in [2.05, 4.69) is 0 Å². The monoisotopic (exact) mass is 218 g/mol. The SMILES string of the molecule is Cc1c(F)cc(Cl)cc1C(O)C(=O)O. The number of aliphatic carboxylic acids is 1. The number of carbonyl (C=O) groups is 1. The van der Waals surface area contributed by atoms with Crippen molar-refractivity contribution in [3.05, 3.63) is 34.1 Å². The Hall–Kier alpha value is -1.13. The van der Waals surface area contributed by atoms with Gasteiger partial charge in [-0.25, -0.2) is 9.18 Å². The molecule has 0 radical (unpaired) electrons. The van der Waals surface area contributed by atoms with Crippen LogP contribution in [-0.2, 0) is 4.79 Å². The van der Waals surface area contributed by atoms with Gasteiger partial charge in [0.05, 0.1) is 0 Å². The second-order valence-corrected chi connectivity index (χ2v) is 3.28. The maximum Gasteiger partial charge on any atom is 0.337 e. The molecule has 1 atom stereocenters. The highest BCUT2D eigenvalue weighted by Gasteiger charge is 2.20. The second kappa shape index (κ2) is 3.94. The zero-order chi connectivity index (χ0) is 10.9. The number of carboxylic acids is 1. The van der Waals surface area contributed by atoms with Gasteiger partial charge in [-0.3, -0.25) is 0 Å². The Morgan fingerprint density at radius 3 is 2.64 bits per heavy atom. The van der Waals surface area contributed by atoms with Crippen LogP contribution in [0.1, 0.15) is 17.2 Å². The minimum atomic E-state index is -1.75. The zero-order valence-electron chi connectivity index (χ0n) is 7.29. The average Bonchev–Trinajstić information content (AvgIpc) is 2.09. The van der Waals surface area contributed by atoms with Gasteiger partial charge in [-0.1, -0.05) is 11.6 Å². The molecule has 0 aliphatic heterocycles. The molecule has 0 saturated heterocycles. The smallest absolute Gasteiger partial charge is 0.337 e. The molecule has 0 aromatic heterocycles.